The molecule has 0 saturated heterocycles. The van der Waals surface area contributed by atoms with E-state index in [0.717, 1.165) is 17.8 Å². The normalized spacial score (nSPS) is 11.8. The highest BCUT2D eigenvalue weighted by atomic mass is 32.1. The summed E-state index contributed by atoms with van der Waals surface area (Å²) in [7, 11) is 2.07. The molecule has 0 amide bonds. The average molecular weight is 299 g/mol. The number of H-pyrrole nitrogens is 1. The fourth-order valence-corrected chi connectivity index (χ4v) is 2.70. The number of benzene rings is 1. The Balaban J connectivity index is 2.14. The molecule has 0 radical (unpaired) electrons. The van der Waals surface area contributed by atoms with E-state index in [9.17, 15) is 0 Å². The lowest BCUT2D eigenvalue weighted by Crippen LogP contribution is -1.98. The van der Waals surface area contributed by atoms with Crippen molar-refractivity contribution in [2.75, 3.05) is 0 Å². The Morgan fingerprint density at radius 1 is 1.38 bits per heavy atom. The summed E-state index contributed by atoms with van der Waals surface area (Å²) in [6.45, 7) is 4.12. The molecule has 0 unspecified atom stereocenters. The van der Waals surface area contributed by atoms with E-state index >= 15 is 0 Å². The van der Waals surface area contributed by atoms with Crippen molar-refractivity contribution in [1.29, 1.82) is 0 Å². The molecule has 0 aliphatic heterocycles. The maximum absolute atomic E-state index is 5.21. The molecular weight excluding hydrogens is 282 g/mol. The zero-order valence-electron chi connectivity index (χ0n) is 12.3. The van der Waals surface area contributed by atoms with Crippen LogP contribution < -0.4 is 0 Å². The van der Waals surface area contributed by atoms with Gasteiger partial charge in [-0.25, -0.2) is 0 Å². The Morgan fingerprint density at radius 2 is 2.14 bits per heavy atom. The fraction of sp³-hybridized carbons (Fsp3) is 0.267. The smallest absolute Gasteiger partial charge is 0.216 e. The van der Waals surface area contributed by atoms with Gasteiger partial charge in [-0.1, -0.05) is 25.1 Å². The van der Waals surface area contributed by atoms with Gasteiger partial charge in [0.1, 0.15) is 0 Å². The molecule has 0 aliphatic rings. The number of fused-ring (bicyclic) bond motifs is 1. The van der Waals surface area contributed by atoms with Crippen LogP contribution in [0.3, 0.4) is 0 Å². The standard InChI is InChI=1S/C15H17N5S/c1-4-14-17-18-15(21)20(14)16-9-12-10(2)19(3)13-8-6-5-7-11(12)13/h5-9H,4H2,1-3H3,(H,18,21)/b16-9-. The molecular formula is C15H17N5S. The first-order valence-corrected chi connectivity index (χ1v) is 7.29. The first-order chi connectivity index (χ1) is 10.1. The Morgan fingerprint density at radius 3 is 2.90 bits per heavy atom. The molecule has 2 aromatic heterocycles. The highest BCUT2D eigenvalue weighted by molar-refractivity contribution is 7.71. The van der Waals surface area contributed by atoms with Crippen molar-refractivity contribution in [3.8, 4) is 0 Å². The molecule has 2 heterocycles. The van der Waals surface area contributed by atoms with Crippen molar-refractivity contribution in [3.05, 3.63) is 46.1 Å². The van der Waals surface area contributed by atoms with Crippen molar-refractivity contribution in [2.24, 2.45) is 12.1 Å². The second-order valence-corrected chi connectivity index (χ2v) is 5.32. The number of nitrogens with one attached hydrogen (secondary N) is 1. The van der Waals surface area contributed by atoms with Gasteiger partial charge in [-0.2, -0.15) is 14.9 Å². The van der Waals surface area contributed by atoms with E-state index in [2.05, 4.69) is 46.0 Å². The molecule has 21 heavy (non-hydrogen) atoms. The Bertz CT molecular complexity index is 881. The van der Waals surface area contributed by atoms with E-state index < -0.39 is 0 Å². The van der Waals surface area contributed by atoms with Crippen molar-refractivity contribution < 1.29 is 0 Å². The third-order valence-corrected chi connectivity index (χ3v) is 4.05. The van der Waals surface area contributed by atoms with Gasteiger partial charge in [0.25, 0.3) is 0 Å². The number of hydrogen-bond acceptors (Lipinski definition) is 3. The molecule has 108 valence electrons. The van der Waals surface area contributed by atoms with Gasteiger partial charge in [0.05, 0.1) is 6.21 Å². The molecule has 0 saturated carbocycles. The quantitative estimate of drug-likeness (QED) is 0.596. The molecule has 0 bridgehead atoms. The predicted octanol–water partition coefficient (Wildman–Crippen LogP) is 3.19. The van der Waals surface area contributed by atoms with Gasteiger partial charge in [-0.3, -0.25) is 5.10 Å². The Kier molecular flexibility index (Phi) is 3.47. The number of hydrogen-bond donors (Lipinski definition) is 1. The number of rotatable bonds is 3. The van der Waals surface area contributed by atoms with Crippen LogP contribution in [-0.4, -0.2) is 25.7 Å². The van der Waals surface area contributed by atoms with E-state index in [1.54, 1.807) is 4.68 Å². The van der Waals surface area contributed by atoms with Crippen LogP contribution in [-0.2, 0) is 13.5 Å². The molecule has 3 aromatic rings. The number of aryl methyl sites for hydroxylation is 2. The zero-order chi connectivity index (χ0) is 15.0. The lowest BCUT2D eigenvalue weighted by molar-refractivity contribution is 0.780. The maximum atomic E-state index is 5.21. The molecule has 3 rings (SSSR count). The van der Waals surface area contributed by atoms with Crippen LogP contribution in [0.1, 0.15) is 24.0 Å². The summed E-state index contributed by atoms with van der Waals surface area (Å²) in [5.74, 6) is 0.828. The van der Waals surface area contributed by atoms with Gasteiger partial charge in [0, 0.05) is 35.6 Å². The van der Waals surface area contributed by atoms with Gasteiger partial charge >= 0.3 is 0 Å². The summed E-state index contributed by atoms with van der Waals surface area (Å²) in [5, 5.41) is 12.6. The highest BCUT2D eigenvalue weighted by Gasteiger charge is 2.10. The fourth-order valence-electron chi connectivity index (χ4n) is 2.50. The van der Waals surface area contributed by atoms with Crippen LogP contribution in [0.25, 0.3) is 10.9 Å². The molecule has 0 fully saturated rings. The molecule has 1 N–H and O–H groups in total. The topological polar surface area (TPSA) is 50.9 Å². The van der Waals surface area contributed by atoms with Crippen LogP contribution in [0.4, 0.5) is 0 Å². The van der Waals surface area contributed by atoms with Crippen LogP contribution >= 0.6 is 12.2 Å². The predicted molar refractivity (Wildman–Crippen MR) is 87.4 cm³/mol. The lowest BCUT2D eigenvalue weighted by Gasteiger charge is -1.98. The van der Waals surface area contributed by atoms with Crippen molar-refractivity contribution in [1.82, 2.24) is 19.4 Å². The van der Waals surface area contributed by atoms with Crippen molar-refractivity contribution >= 4 is 29.3 Å². The van der Waals surface area contributed by atoms with Crippen LogP contribution in [0.5, 0.6) is 0 Å². The minimum atomic E-state index is 0.515. The van der Waals surface area contributed by atoms with E-state index in [1.807, 2.05) is 25.3 Å². The minimum absolute atomic E-state index is 0.515. The van der Waals surface area contributed by atoms with Gasteiger partial charge in [-0.15, -0.1) is 0 Å². The summed E-state index contributed by atoms with van der Waals surface area (Å²) >= 11 is 5.21. The first kappa shape index (κ1) is 13.8. The summed E-state index contributed by atoms with van der Waals surface area (Å²) in [5.41, 5.74) is 3.48. The molecule has 5 nitrogen and oxygen atoms in total. The summed E-state index contributed by atoms with van der Waals surface area (Å²) in [6, 6.07) is 8.31. The summed E-state index contributed by atoms with van der Waals surface area (Å²) in [4.78, 5) is 0. The lowest BCUT2D eigenvalue weighted by atomic mass is 10.1. The molecule has 0 atom stereocenters. The van der Waals surface area contributed by atoms with Crippen LogP contribution in [0.2, 0.25) is 0 Å². The number of nitrogens with zero attached hydrogens (tertiary/aromatic N) is 4. The number of aromatic nitrogens is 4. The van der Waals surface area contributed by atoms with Crippen LogP contribution in [0, 0.1) is 11.7 Å². The average Bonchev–Trinajstić information content (AvgIpc) is 2.97. The highest BCUT2D eigenvalue weighted by Crippen LogP contribution is 2.23. The van der Waals surface area contributed by atoms with Gasteiger partial charge < -0.3 is 4.57 Å². The van der Waals surface area contributed by atoms with Gasteiger partial charge in [0.2, 0.25) is 4.77 Å². The molecule has 0 aliphatic carbocycles. The Hall–Kier alpha value is -2.21. The second kappa shape index (κ2) is 5.29. The SMILES string of the molecule is CCc1n[nH]c(=S)n1/N=C\c1c(C)n(C)c2ccccc12. The monoisotopic (exact) mass is 299 g/mol. The minimum Gasteiger partial charge on any atom is -0.347 e. The van der Waals surface area contributed by atoms with E-state index in [0.29, 0.717) is 4.77 Å². The molecule has 0 spiro atoms. The molecule has 1 aromatic carbocycles. The second-order valence-electron chi connectivity index (χ2n) is 4.93. The Labute approximate surface area is 127 Å². The number of aromatic amines is 1. The summed E-state index contributed by atoms with van der Waals surface area (Å²) in [6.07, 6.45) is 2.64. The number of para-hydroxylation sites is 1. The van der Waals surface area contributed by atoms with E-state index in [1.165, 1.54) is 16.6 Å². The van der Waals surface area contributed by atoms with Gasteiger partial charge in [0.15, 0.2) is 5.82 Å². The molecule has 6 heteroatoms. The summed E-state index contributed by atoms with van der Waals surface area (Å²) < 4.78 is 4.36. The third-order valence-electron chi connectivity index (χ3n) is 3.78. The van der Waals surface area contributed by atoms with E-state index in [4.69, 9.17) is 12.2 Å². The zero-order valence-corrected chi connectivity index (χ0v) is 13.1. The third kappa shape index (κ3) is 2.21. The van der Waals surface area contributed by atoms with Crippen molar-refractivity contribution in [3.63, 3.8) is 0 Å². The van der Waals surface area contributed by atoms with Crippen molar-refractivity contribution in [2.45, 2.75) is 20.3 Å². The first-order valence-electron chi connectivity index (χ1n) is 6.88. The van der Waals surface area contributed by atoms with Gasteiger partial charge in [-0.05, 0) is 25.2 Å². The van der Waals surface area contributed by atoms with Crippen LogP contribution in [0.15, 0.2) is 29.4 Å². The van der Waals surface area contributed by atoms with E-state index in [-0.39, 0.29) is 0 Å². The largest absolute Gasteiger partial charge is 0.347 e. The maximum Gasteiger partial charge on any atom is 0.216 e.